The number of furan rings is 1. The van der Waals surface area contributed by atoms with Gasteiger partial charge in [-0.25, -0.2) is 0 Å². The smallest absolute Gasteiger partial charge is 0.160 e. The Bertz CT molecular complexity index is 1630. The lowest BCUT2D eigenvalue weighted by molar-refractivity contribution is 0.287. The van der Waals surface area contributed by atoms with Crippen LogP contribution < -0.4 is 15.8 Å². The number of hydrogen-bond donors (Lipinski definition) is 3. The Labute approximate surface area is 219 Å². The molecule has 188 valence electrons. The van der Waals surface area contributed by atoms with E-state index in [4.69, 9.17) is 19.9 Å². The highest BCUT2D eigenvalue weighted by Crippen LogP contribution is 2.36. The number of nitrogens with one attached hydrogen (secondary N) is 2. The number of hydrogen-bond acceptors (Lipinski definition) is 7. The molecule has 1 atom stereocenters. The molecule has 6 rings (SSSR count). The molecule has 38 heavy (non-hydrogen) atoms. The van der Waals surface area contributed by atoms with Crippen LogP contribution in [-0.4, -0.2) is 32.8 Å². The highest BCUT2D eigenvalue weighted by molar-refractivity contribution is 5.96. The summed E-state index contributed by atoms with van der Waals surface area (Å²) in [5.41, 5.74) is 12.9. The molecule has 0 aliphatic heterocycles. The van der Waals surface area contributed by atoms with E-state index >= 15 is 0 Å². The first-order chi connectivity index (χ1) is 18.7. The highest BCUT2D eigenvalue weighted by atomic mass is 16.5. The van der Waals surface area contributed by atoms with Crippen LogP contribution in [0.2, 0.25) is 0 Å². The van der Waals surface area contributed by atoms with Gasteiger partial charge in [0.15, 0.2) is 5.82 Å². The first kappa shape index (κ1) is 23.4. The molecule has 8 nitrogen and oxygen atoms in total. The number of fused-ring (bicyclic) bond motifs is 1. The van der Waals surface area contributed by atoms with E-state index in [1.54, 1.807) is 31.1 Å². The molecule has 6 aromatic rings. The molecule has 0 fully saturated rings. The first-order valence-corrected chi connectivity index (χ1v) is 12.3. The number of anilines is 2. The van der Waals surface area contributed by atoms with Crippen LogP contribution in [0.5, 0.6) is 5.75 Å². The Morgan fingerprint density at radius 3 is 2.66 bits per heavy atom. The summed E-state index contributed by atoms with van der Waals surface area (Å²) in [6.07, 6.45) is 9.27. The standard InChI is InChI=1S/C30H26N6O2/c31-23(14-20-4-2-1-3-5-20)19-38-25-16-26(29(33-17-25)22-10-13-37-18-22)21-6-7-28-27(15-21)30(36-35-28)34-24-8-11-32-12-9-24/h1-13,15-18,23H,14,19,31H2,(H2,32,34,35,36)/t23-/m1/s1. The zero-order valence-electron chi connectivity index (χ0n) is 20.5. The number of nitrogens with zero attached hydrogens (tertiary/aromatic N) is 3. The van der Waals surface area contributed by atoms with Gasteiger partial charge in [0, 0.05) is 40.6 Å². The molecule has 0 radical (unpaired) electrons. The fraction of sp³-hybridized carbons (Fsp3) is 0.100. The third-order valence-corrected chi connectivity index (χ3v) is 6.28. The van der Waals surface area contributed by atoms with E-state index in [2.05, 4.69) is 38.7 Å². The van der Waals surface area contributed by atoms with Gasteiger partial charge in [0.05, 0.1) is 29.9 Å². The number of pyridine rings is 2. The Hall–Kier alpha value is -4.95. The third-order valence-electron chi connectivity index (χ3n) is 6.28. The van der Waals surface area contributed by atoms with Gasteiger partial charge >= 0.3 is 0 Å². The van der Waals surface area contributed by atoms with Crippen molar-refractivity contribution in [1.82, 2.24) is 20.2 Å². The van der Waals surface area contributed by atoms with Crippen LogP contribution in [0.3, 0.4) is 0 Å². The number of rotatable bonds is 9. The van der Waals surface area contributed by atoms with Crippen molar-refractivity contribution < 1.29 is 9.15 Å². The van der Waals surface area contributed by atoms with Crippen LogP contribution in [0.15, 0.2) is 108 Å². The second-order valence-electron chi connectivity index (χ2n) is 9.03. The molecule has 4 N–H and O–H groups in total. The van der Waals surface area contributed by atoms with Gasteiger partial charge in [-0.05, 0) is 53.9 Å². The van der Waals surface area contributed by atoms with Crippen LogP contribution in [0, 0.1) is 0 Å². The maximum atomic E-state index is 6.36. The monoisotopic (exact) mass is 502 g/mol. The van der Waals surface area contributed by atoms with E-state index in [1.165, 1.54) is 5.56 Å². The molecule has 4 heterocycles. The van der Waals surface area contributed by atoms with E-state index in [1.807, 2.05) is 54.6 Å². The maximum absolute atomic E-state index is 6.36. The minimum Gasteiger partial charge on any atom is -0.490 e. The summed E-state index contributed by atoms with van der Waals surface area (Å²) in [7, 11) is 0. The van der Waals surface area contributed by atoms with Crippen molar-refractivity contribution >= 4 is 22.4 Å². The molecule has 0 aliphatic rings. The number of aromatic nitrogens is 4. The molecule has 4 aromatic heterocycles. The van der Waals surface area contributed by atoms with Gasteiger partial charge in [-0.1, -0.05) is 36.4 Å². The Morgan fingerprint density at radius 2 is 1.84 bits per heavy atom. The van der Waals surface area contributed by atoms with E-state index in [9.17, 15) is 0 Å². The normalized spacial score (nSPS) is 11.9. The predicted octanol–water partition coefficient (Wildman–Crippen LogP) is 5.97. The SMILES string of the molecule is N[C@@H](COc1cnc(-c2ccoc2)c(-c2ccc3[nH]nc(Nc4ccncc4)c3c2)c1)Cc1ccccc1. The van der Waals surface area contributed by atoms with Crippen LogP contribution in [0.1, 0.15) is 5.56 Å². The second-order valence-corrected chi connectivity index (χ2v) is 9.03. The highest BCUT2D eigenvalue weighted by Gasteiger charge is 2.15. The lowest BCUT2D eigenvalue weighted by atomic mass is 9.99. The Morgan fingerprint density at radius 1 is 0.974 bits per heavy atom. The summed E-state index contributed by atoms with van der Waals surface area (Å²) in [5, 5.41) is 11.9. The van der Waals surface area contributed by atoms with Crippen molar-refractivity contribution in [2.24, 2.45) is 5.73 Å². The molecule has 0 amide bonds. The van der Waals surface area contributed by atoms with Gasteiger partial charge in [-0.2, -0.15) is 5.10 Å². The van der Waals surface area contributed by atoms with Gasteiger partial charge in [-0.3, -0.25) is 15.1 Å². The zero-order valence-corrected chi connectivity index (χ0v) is 20.5. The van der Waals surface area contributed by atoms with E-state index in [-0.39, 0.29) is 6.04 Å². The number of benzene rings is 2. The number of H-pyrrole nitrogens is 1. The Kier molecular flexibility index (Phi) is 6.53. The lowest BCUT2D eigenvalue weighted by Crippen LogP contribution is -2.30. The topological polar surface area (TPSA) is 115 Å². The average molecular weight is 503 g/mol. The van der Waals surface area contributed by atoms with Gasteiger partial charge in [-0.15, -0.1) is 0 Å². The van der Waals surface area contributed by atoms with Crippen LogP contribution in [0.25, 0.3) is 33.3 Å². The fourth-order valence-corrected chi connectivity index (χ4v) is 4.40. The molecular formula is C30H26N6O2. The summed E-state index contributed by atoms with van der Waals surface area (Å²) in [5.74, 6) is 1.38. The van der Waals surface area contributed by atoms with Crippen LogP contribution >= 0.6 is 0 Å². The molecule has 8 heteroatoms. The number of nitrogens with two attached hydrogens (primary N) is 1. The molecule has 0 unspecified atom stereocenters. The molecule has 0 aliphatic carbocycles. The number of aromatic amines is 1. The van der Waals surface area contributed by atoms with Crippen molar-refractivity contribution in [2.75, 3.05) is 11.9 Å². The van der Waals surface area contributed by atoms with Gasteiger partial charge in [0.25, 0.3) is 0 Å². The summed E-state index contributed by atoms with van der Waals surface area (Å²) < 4.78 is 11.5. The largest absolute Gasteiger partial charge is 0.490 e. The zero-order chi connectivity index (χ0) is 25.7. The van der Waals surface area contributed by atoms with Crippen molar-refractivity contribution in [3.05, 3.63) is 109 Å². The maximum Gasteiger partial charge on any atom is 0.160 e. The molecule has 0 spiro atoms. The fourth-order valence-electron chi connectivity index (χ4n) is 4.40. The molecular weight excluding hydrogens is 476 g/mol. The van der Waals surface area contributed by atoms with Gasteiger partial charge in [0.1, 0.15) is 12.4 Å². The van der Waals surface area contributed by atoms with Crippen molar-refractivity contribution in [3.63, 3.8) is 0 Å². The number of ether oxygens (including phenoxy) is 1. The summed E-state index contributed by atoms with van der Waals surface area (Å²) in [6.45, 7) is 0.377. The van der Waals surface area contributed by atoms with E-state index < -0.39 is 0 Å². The second kappa shape index (κ2) is 10.6. The summed E-state index contributed by atoms with van der Waals surface area (Å²) in [4.78, 5) is 8.82. The molecule has 0 saturated heterocycles. The molecule has 0 saturated carbocycles. The van der Waals surface area contributed by atoms with E-state index in [0.717, 1.165) is 51.2 Å². The van der Waals surface area contributed by atoms with Crippen molar-refractivity contribution in [1.29, 1.82) is 0 Å². The predicted molar refractivity (Wildman–Crippen MR) is 148 cm³/mol. The third kappa shape index (κ3) is 5.11. The summed E-state index contributed by atoms with van der Waals surface area (Å²) >= 11 is 0. The van der Waals surface area contributed by atoms with Crippen molar-refractivity contribution in [2.45, 2.75) is 12.5 Å². The van der Waals surface area contributed by atoms with E-state index in [0.29, 0.717) is 12.4 Å². The van der Waals surface area contributed by atoms with Gasteiger partial charge < -0.3 is 20.2 Å². The molecule has 2 aromatic carbocycles. The van der Waals surface area contributed by atoms with Crippen LogP contribution in [-0.2, 0) is 6.42 Å². The minimum atomic E-state index is -0.140. The minimum absolute atomic E-state index is 0.140. The molecule has 0 bridgehead atoms. The van der Waals surface area contributed by atoms with Crippen LogP contribution in [0.4, 0.5) is 11.5 Å². The van der Waals surface area contributed by atoms with Gasteiger partial charge in [0.2, 0.25) is 0 Å². The quantitative estimate of drug-likeness (QED) is 0.223. The lowest BCUT2D eigenvalue weighted by Gasteiger charge is -2.15. The summed E-state index contributed by atoms with van der Waals surface area (Å²) in [6, 6.07) is 23.9. The average Bonchev–Trinajstić information content (AvgIpc) is 3.63. The Balaban J connectivity index is 1.31. The first-order valence-electron chi connectivity index (χ1n) is 12.3. The van der Waals surface area contributed by atoms with Crippen molar-refractivity contribution in [3.8, 4) is 28.1 Å².